The van der Waals surface area contributed by atoms with Gasteiger partial charge in [-0.05, 0) is 76.6 Å². The quantitative estimate of drug-likeness (QED) is 0.0981. The Morgan fingerprint density at radius 1 is 1.08 bits per heavy atom. The lowest BCUT2D eigenvalue weighted by Crippen LogP contribution is -2.28. The number of pyridine rings is 1. The van der Waals surface area contributed by atoms with Crippen LogP contribution in [0, 0.1) is 0 Å². The number of para-hydroxylation sites is 1. The summed E-state index contributed by atoms with van der Waals surface area (Å²) < 4.78 is 49.5. The average molecular weight is 700 g/mol. The minimum absolute atomic E-state index is 0.0556. The van der Waals surface area contributed by atoms with Crippen molar-refractivity contribution in [1.29, 1.82) is 0 Å². The Labute approximate surface area is 286 Å². The van der Waals surface area contributed by atoms with Gasteiger partial charge in [0.2, 0.25) is 10.0 Å². The van der Waals surface area contributed by atoms with Crippen LogP contribution in [0.2, 0.25) is 5.02 Å². The zero-order valence-electron chi connectivity index (χ0n) is 27.6. The molecule has 2 saturated carbocycles. The van der Waals surface area contributed by atoms with Gasteiger partial charge < -0.3 is 18.9 Å². The van der Waals surface area contributed by atoms with E-state index < -0.39 is 38.2 Å². The fraction of sp³-hybridized carbons (Fsp3) is 0.457. The van der Waals surface area contributed by atoms with Crippen LogP contribution in [0.15, 0.2) is 53.7 Å². The second-order valence-electron chi connectivity index (χ2n) is 13.2. The zero-order valence-corrected chi connectivity index (χ0v) is 29.2. The molecule has 1 aromatic heterocycles. The second kappa shape index (κ2) is 14.4. The number of nitrogens with zero attached hydrogens (tertiary/aromatic N) is 1. The van der Waals surface area contributed by atoms with E-state index >= 15 is 0 Å². The van der Waals surface area contributed by atoms with Crippen molar-refractivity contribution in [3.63, 3.8) is 0 Å². The van der Waals surface area contributed by atoms with E-state index in [-0.39, 0.29) is 41.2 Å². The summed E-state index contributed by atoms with van der Waals surface area (Å²) >= 11 is 6.80. The maximum atomic E-state index is 12.9. The van der Waals surface area contributed by atoms with Crippen molar-refractivity contribution in [1.82, 2.24) is 4.98 Å². The van der Waals surface area contributed by atoms with Crippen molar-refractivity contribution in [3.8, 4) is 22.6 Å². The molecule has 0 spiro atoms. The third-order valence-corrected chi connectivity index (χ3v) is 9.30. The van der Waals surface area contributed by atoms with E-state index in [0.29, 0.717) is 19.3 Å². The molecule has 5 rings (SSSR count). The summed E-state index contributed by atoms with van der Waals surface area (Å²) in [6, 6.07) is 11.1. The van der Waals surface area contributed by atoms with Crippen molar-refractivity contribution in [2.75, 3.05) is 5.32 Å². The molecule has 11 nitrogen and oxygen atoms in total. The molecule has 2 fully saturated rings. The standard InChI is InChI=1S/C35H42ClN3O8S/c1-5-6-7-12-29(40)46-28-19-22(30(36)31(32(28)48(37,42)43)39-33(41)47-34(2,3)4)21-44-35(16-17-35)26-20-38-18-15-24(26)25-10-8-9-11-27(25)45-23-13-14-23/h8-11,15,18-20,23H,5-7,12-14,16-17,21H2,1-4H3,(H,39,41)(H2,37,42,43). The first kappa shape index (κ1) is 35.6. The van der Waals surface area contributed by atoms with E-state index in [9.17, 15) is 18.0 Å². The number of sulfonamides is 1. The minimum Gasteiger partial charge on any atom is -0.490 e. The van der Waals surface area contributed by atoms with Crippen molar-refractivity contribution in [3.05, 3.63) is 64.9 Å². The van der Waals surface area contributed by atoms with Crippen LogP contribution in [0.4, 0.5) is 10.5 Å². The van der Waals surface area contributed by atoms with Crippen molar-refractivity contribution >= 4 is 39.4 Å². The van der Waals surface area contributed by atoms with Gasteiger partial charge in [-0.2, -0.15) is 0 Å². The summed E-state index contributed by atoms with van der Waals surface area (Å²) in [7, 11) is -4.58. The fourth-order valence-corrected chi connectivity index (χ4v) is 6.44. The maximum absolute atomic E-state index is 12.9. The van der Waals surface area contributed by atoms with Gasteiger partial charge in [0, 0.05) is 35.5 Å². The minimum atomic E-state index is -4.58. The van der Waals surface area contributed by atoms with Gasteiger partial charge >= 0.3 is 12.1 Å². The molecule has 2 aliphatic carbocycles. The van der Waals surface area contributed by atoms with Gasteiger partial charge in [-0.3, -0.25) is 15.1 Å². The summed E-state index contributed by atoms with van der Waals surface area (Å²) in [5, 5.41) is 7.88. The highest BCUT2D eigenvalue weighted by Crippen LogP contribution is 2.54. The number of aromatic nitrogens is 1. The molecule has 3 aromatic rings. The largest absolute Gasteiger partial charge is 0.490 e. The Hall–Kier alpha value is -3.71. The molecule has 2 aliphatic rings. The SMILES string of the molecule is CCCCCC(=O)Oc1cc(COC2(c3cnccc3-c3ccccc3OC3CC3)CC2)c(Cl)c(NC(=O)OC(C)(C)C)c1S(N)(=O)=O. The van der Waals surface area contributed by atoms with Gasteiger partial charge in [-0.1, -0.05) is 49.6 Å². The summed E-state index contributed by atoms with van der Waals surface area (Å²) in [6.45, 7) is 6.83. The summed E-state index contributed by atoms with van der Waals surface area (Å²) in [6.07, 6.45) is 8.44. The van der Waals surface area contributed by atoms with Crippen LogP contribution in [0.5, 0.6) is 11.5 Å². The molecule has 2 aromatic carbocycles. The highest BCUT2D eigenvalue weighted by atomic mass is 35.5. The summed E-state index contributed by atoms with van der Waals surface area (Å²) in [5.74, 6) is -0.240. The predicted octanol–water partition coefficient (Wildman–Crippen LogP) is 7.63. The number of primary sulfonamides is 1. The van der Waals surface area contributed by atoms with Gasteiger partial charge in [-0.15, -0.1) is 0 Å². The zero-order chi connectivity index (χ0) is 34.7. The summed E-state index contributed by atoms with van der Waals surface area (Å²) in [4.78, 5) is 29.4. The van der Waals surface area contributed by atoms with Gasteiger partial charge in [0.05, 0.1) is 29.0 Å². The summed E-state index contributed by atoms with van der Waals surface area (Å²) in [5.41, 5.74) is 0.967. The first-order valence-corrected chi connectivity index (χ1v) is 18.1. The number of esters is 1. The van der Waals surface area contributed by atoms with Crippen LogP contribution in [0.1, 0.15) is 90.2 Å². The first-order valence-electron chi connectivity index (χ1n) is 16.1. The Balaban J connectivity index is 1.51. The third-order valence-electron chi connectivity index (χ3n) is 7.89. The van der Waals surface area contributed by atoms with Crippen molar-refractivity contribution < 1.29 is 37.0 Å². The van der Waals surface area contributed by atoms with Crippen LogP contribution in [-0.4, -0.2) is 37.2 Å². The highest BCUT2D eigenvalue weighted by molar-refractivity contribution is 7.89. The topological polar surface area (TPSA) is 156 Å². The van der Waals surface area contributed by atoms with Crippen LogP contribution >= 0.6 is 11.6 Å². The van der Waals surface area contributed by atoms with Crippen molar-refractivity contribution in [2.45, 2.75) is 108 Å². The molecule has 13 heteroatoms. The van der Waals surface area contributed by atoms with E-state index in [1.165, 1.54) is 6.07 Å². The number of carbonyl (C=O) groups is 2. The average Bonchev–Trinajstić information content (AvgIpc) is 3.94. The number of amides is 1. The van der Waals surface area contributed by atoms with E-state index in [1.54, 1.807) is 33.2 Å². The van der Waals surface area contributed by atoms with Gasteiger partial charge in [0.1, 0.15) is 16.2 Å². The smallest absolute Gasteiger partial charge is 0.412 e. The lowest BCUT2D eigenvalue weighted by molar-refractivity contribution is -0.134. The number of nitrogens with two attached hydrogens (primary N) is 1. The lowest BCUT2D eigenvalue weighted by Gasteiger charge is -2.24. The van der Waals surface area contributed by atoms with E-state index in [0.717, 1.165) is 48.1 Å². The van der Waals surface area contributed by atoms with E-state index in [1.807, 2.05) is 37.3 Å². The van der Waals surface area contributed by atoms with Gasteiger partial charge in [0.15, 0.2) is 5.75 Å². The number of benzene rings is 2. The fourth-order valence-electron chi connectivity index (χ4n) is 5.31. The normalized spacial score (nSPS) is 15.5. The van der Waals surface area contributed by atoms with Crippen LogP contribution in [0.25, 0.3) is 11.1 Å². The number of carbonyl (C=O) groups excluding carboxylic acids is 2. The number of nitrogens with one attached hydrogen (secondary N) is 1. The predicted molar refractivity (Wildman–Crippen MR) is 181 cm³/mol. The molecule has 258 valence electrons. The number of anilines is 1. The number of hydrogen-bond acceptors (Lipinski definition) is 9. The van der Waals surface area contributed by atoms with E-state index in [2.05, 4.69) is 10.3 Å². The molecule has 1 heterocycles. The molecule has 1 amide bonds. The number of unbranched alkanes of at least 4 members (excludes halogenated alkanes) is 2. The lowest BCUT2D eigenvalue weighted by atomic mass is 9.96. The Morgan fingerprint density at radius 3 is 2.46 bits per heavy atom. The van der Waals surface area contributed by atoms with Gasteiger partial charge in [0.25, 0.3) is 0 Å². The monoisotopic (exact) mass is 699 g/mol. The van der Waals surface area contributed by atoms with E-state index in [4.69, 9.17) is 35.7 Å². The number of halogens is 1. The first-order chi connectivity index (χ1) is 22.7. The molecular weight excluding hydrogens is 658 g/mol. The number of hydrogen-bond donors (Lipinski definition) is 2. The molecule has 0 unspecified atom stereocenters. The highest BCUT2D eigenvalue weighted by Gasteiger charge is 2.48. The van der Waals surface area contributed by atoms with Crippen molar-refractivity contribution in [2.24, 2.45) is 5.14 Å². The molecule has 3 N–H and O–H groups in total. The molecule has 0 aliphatic heterocycles. The third kappa shape index (κ3) is 8.84. The molecular formula is C35H42ClN3O8S. The Kier molecular flexibility index (Phi) is 10.7. The molecule has 0 atom stereocenters. The molecule has 0 radical (unpaired) electrons. The number of ether oxygens (including phenoxy) is 4. The molecule has 48 heavy (non-hydrogen) atoms. The van der Waals surface area contributed by atoms with Crippen LogP contribution in [0.3, 0.4) is 0 Å². The van der Waals surface area contributed by atoms with Crippen LogP contribution in [-0.2, 0) is 36.5 Å². The van der Waals surface area contributed by atoms with Gasteiger partial charge in [-0.25, -0.2) is 18.4 Å². The Morgan fingerprint density at radius 2 is 1.81 bits per heavy atom. The number of rotatable bonds is 14. The second-order valence-corrected chi connectivity index (χ2v) is 15.0. The van der Waals surface area contributed by atoms with Crippen LogP contribution < -0.4 is 19.9 Å². The maximum Gasteiger partial charge on any atom is 0.412 e. The Bertz CT molecular complexity index is 1780. The molecule has 0 bridgehead atoms. The molecule has 0 saturated heterocycles.